The number of rotatable bonds is 4. The maximum Gasteiger partial charge on any atom is 0.249 e. The molecular weight excluding hydrogens is 364 g/mol. The third-order valence-electron chi connectivity index (χ3n) is 5.23. The molecule has 1 unspecified atom stereocenters. The molecule has 5 nitrogen and oxygen atoms in total. The van der Waals surface area contributed by atoms with Crippen LogP contribution in [0.2, 0.25) is 5.02 Å². The molecule has 27 heavy (non-hydrogen) atoms. The van der Waals surface area contributed by atoms with Crippen molar-refractivity contribution >= 4 is 23.3 Å². The lowest BCUT2D eigenvalue weighted by Crippen LogP contribution is -2.44. The maximum atomic E-state index is 12.4. The number of halogens is 1. The van der Waals surface area contributed by atoms with Crippen molar-refractivity contribution in [3.8, 4) is 11.5 Å². The van der Waals surface area contributed by atoms with Crippen molar-refractivity contribution < 1.29 is 14.3 Å². The van der Waals surface area contributed by atoms with Crippen LogP contribution in [0.4, 0.5) is 0 Å². The van der Waals surface area contributed by atoms with Gasteiger partial charge < -0.3 is 14.4 Å². The molecule has 0 radical (unpaired) electrons. The van der Waals surface area contributed by atoms with Crippen molar-refractivity contribution in [2.24, 2.45) is 4.99 Å². The number of nitrogens with zero attached hydrogens (tertiary/aromatic N) is 2. The molecule has 2 aromatic rings. The van der Waals surface area contributed by atoms with E-state index in [1.807, 2.05) is 36.4 Å². The van der Waals surface area contributed by atoms with E-state index in [1.54, 1.807) is 14.2 Å². The minimum Gasteiger partial charge on any atom is -0.493 e. The summed E-state index contributed by atoms with van der Waals surface area (Å²) in [5.74, 6) is 2.15. The fraction of sp³-hybridized carbons (Fsp3) is 0.333. The average molecular weight is 385 g/mol. The summed E-state index contributed by atoms with van der Waals surface area (Å²) in [6.45, 7) is 0.826. The molecule has 2 aliphatic rings. The van der Waals surface area contributed by atoms with Crippen LogP contribution in [0, 0.1) is 0 Å². The van der Waals surface area contributed by atoms with E-state index in [1.165, 1.54) is 5.56 Å². The van der Waals surface area contributed by atoms with Gasteiger partial charge in [0.05, 0.1) is 26.7 Å². The second-order valence-electron chi connectivity index (χ2n) is 6.79. The molecule has 0 bridgehead atoms. The number of carbonyl (C=O) groups is 1. The molecule has 0 saturated heterocycles. The van der Waals surface area contributed by atoms with Crippen LogP contribution in [-0.2, 0) is 17.6 Å². The number of benzene rings is 2. The Labute approximate surface area is 163 Å². The van der Waals surface area contributed by atoms with Gasteiger partial charge in [0.1, 0.15) is 5.84 Å². The maximum absolute atomic E-state index is 12.4. The smallest absolute Gasteiger partial charge is 0.249 e. The molecule has 1 atom stereocenters. The lowest BCUT2D eigenvalue weighted by molar-refractivity contribution is -0.119. The van der Waals surface area contributed by atoms with Crippen molar-refractivity contribution in [3.05, 3.63) is 58.1 Å². The summed E-state index contributed by atoms with van der Waals surface area (Å²) in [7, 11) is 3.27. The Morgan fingerprint density at radius 2 is 1.85 bits per heavy atom. The Kier molecular flexibility index (Phi) is 4.79. The summed E-state index contributed by atoms with van der Waals surface area (Å²) in [5, 5.41) is 0.700. The van der Waals surface area contributed by atoms with E-state index in [4.69, 9.17) is 21.1 Å². The number of hydrogen-bond donors (Lipinski definition) is 0. The highest BCUT2D eigenvalue weighted by Gasteiger charge is 2.35. The highest BCUT2D eigenvalue weighted by molar-refractivity contribution is 6.30. The standard InChI is InChI=1S/C21H21ClN2O3/c1-26-18-10-14-7-8-24-17(16(14)11-19(18)27-2)12-21(25)23-20(24)9-13-3-5-15(22)6-4-13/h3-6,10-11,17H,7-9,12H2,1-2H3. The van der Waals surface area contributed by atoms with Crippen molar-refractivity contribution in [2.75, 3.05) is 20.8 Å². The van der Waals surface area contributed by atoms with Crippen molar-refractivity contribution in [1.82, 2.24) is 4.90 Å². The zero-order valence-electron chi connectivity index (χ0n) is 15.4. The number of amidine groups is 1. The molecule has 4 rings (SSSR count). The normalized spacial score (nSPS) is 18.5. The first-order chi connectivity index (χ1) is 13.1. The second kappa shape index (κ2) is 7.24. The molecule has 2 aromatic carbocycles. The topological polar surface area (TPSA) is 51.1 Å². The molecule has 2 heterocycles. The molecule has 1 amide bonds. The third kappa shape index (κ3) is 3.39. The van der Waals surface area contributed by atoms with E-state index in [0.717, 1.165) is 35.7 Å². The molecule has 6 heteroatoms. The number of aliphatic imine (C=N–C) groups is 1. The fourth-order valence-corrected chi connectivity index (χ4v) is 4.03. The van der Waals surface area contributed by atoms with Gasteiger partial charge in [0.15, 0.2) is 11.5 Å². The Morgan fingerprint density at radius 1 is 1.15 bits per heavy atom. The number of ether oxygens (including phenoxy) is 2. The summed E-state index contributed by atoms with van der Waals surface area (Å²) in [5.41, 5.74) is 3.41. The second-order valence-corrected chi connectivity index (χ2v) is 7.23. The average Bonchev–Trinajstić information content (AvgIpc) is 2.68. The van der Waals surface area contributed by atoms with Gasteiger partial charge in [0.25, 0.3) is 0 Å². The van der Waals surface area contributed by atoms with E-state index in [9.17, 15) is 4.79 Å². The summed E-state index contributed by atoms with van der Waals surface area (Å²) >= 11 is 5.98. The van der Waals surface area contributed by atoms with E-state index in [0.29, 0.717) is 23.6 Å². The number of carbonyl (C=O) groups excluding carboxylic acids is 1. The largest absolute Gasteiger partial charge is 0.493 e. The molecule has 0 aromatic heterocycles. The lowest BCUT2D eigenvalue weighted by atomic mass is 9.88. The van der Waals surface area contributed by atoms with E-state index >= 15 is 0 Å². The van der Waals surface area contributed by atoms with Crippen LogP contribution >= 0.6 is 11.6 Å². The summed E-state index contributed by atoms with van der Waals surface area (Å²) in [4.78, 5) is 19.0. The molecule has 0 N–H and O–H groups in total. The molecule has 0 saturated carbocycles. The van der Waals surface area contributed by atoms with Gasteiger partial charge in [-0.2, -0.15) is 4.99 Å². The number of amides is 1. The summed E-state index contributed by atoms with van der Waals surface area (Å²) < 4.78 is 10.9. The van der Waals surface area contributed by atoms with Gasteiger partial charge in [-0.3, -0.25) is 4.79 Å². The molecule has 140 valence electrons. The first-order valence-electron chi connectivity index (χ1n) is 8.95. The third-order valence-corrected chi connectivity index (χ3v) is 5.48. The van der Waals surface area contributed by atoms with Crippen LogP contribution in [0.15, 0.2) is 41.4 Å². The highest BCUT2D eigenvalue weighted by atomic mass is 35.5. The van der Waals surface area contributed by atoms with Crippen LogP contribution in [0.25, 0.3) is 0 Å². The van der Waals surface area contributed by atoms with E-state index in [2.05, 4.69) is 9.89 Å². The van der Waals surface area contributed by atoms with E-state index < -0.39 is 0 Å². The van der Waals surface area contributed by atoms with Gasteiger partial charge in [0.2, 0.25) is 5.91 Å². The molecule has 0 spiro atoms. The quantitative estimate of drug-likeness (QED) is 0.803. The molecular formula is C21H21ClN2O3. The van der Waals surface area contributed by atoms with Crippen molar-refractivity contribution in [1.29, 1.82) is 0 Å². The predicted octanol–water partition coefficient (Wildman–Crippen LogP) is 3.83. The highest BCUT2D eigenvalue weighted by Crippen LogP contribution is 2.41. The van der Waals surface area contributed by atoms with Crippen LogP contribution in [0.1, 0.15) is 29.2 Å². The van der Waals surface area contributed by atoms with Crippen LogP contribution in [-0.4, -0.2) is 37.4 Å². The van der Waals surface area contributed by atoms with Gasteiger partial charge in [-0.05, 0) is 47.4 Å². The molecule has 0 fully saturated rings. The molecule has 2 aliphatic heterocycles. The Bertz CT molecular complexity index is 908. The van der Waals surface area contributed by atoms with Gasteiger partial charge >= 0.3 is 0 Å². The van der Waals surface area contributed by atoms with Crippen LogP contribution < -0.4 is 9.47 Å². The number of methoxy groups -OCH3 is 2. The monoisotopic (exact) mass is 384 g/mol. The Balaban J connectivity index is 1.68. The van der Waals surface area contributed by atoms with Gasteiger partial charge in [0, 0.05) is 18.0 Å². The fourth-order valence-electron chi connectivity index (χ4n) is 3.90. The van der Waals surface area contributed by atoms with Crippen molar-refractivity contribution in [2.45, 2.75) is 25.3 Å². The zero-order chi connectivity index (χ0) is 19.0. The predicted molar refractivity (Wildman–Crippen MR) is 105 cm³/mol. The minimum absolute atomic E-state index is 0.0131. The van der Waals surface area contributed by atoms with Crippen LogP contribution in [0.5, 0.6) is 11.5 Å². The van der Waals surface area contributed by atoms with Gasteiger partial charge in [-0.25, -0.2) is 0 Å². The minimum atomic E-state index is -0.0807. The first kappa shape index (κ1) is 17.9. The van der Waals surface area contributed by atoms with E-state index in [-0.39, 0.29) is 11.9 Å². The van der Waals surface area contributed by atoms with Crippen molar-refractivity contribution in [3.63, 3.8) is 0 Å². The Morgan fingerprint density at radius 3 is 2.56 bits per heavy atom. The molecule has 0 aliphatic carbocycles. The van der Waals surface area contributed by atoms with Gasteiger partial charge in [-0.1, -0.05) is 23.7 Å². The SMILES string of the molecule is COc1cc2c(cc1OC)C1CC(=O)N=C(Cc3ccc(Cl)cc3)N1CC2. The van der Waals surface area contributed by atoms with Gasteiger partial charge in [-0.15, -0.1) is 0 Å². The number of hydrogen-bond acceptors (Lipinski definition) is 4. The first-order valence-corrected chi connectivity index (χ1v) is 9.33. The van der Waals surface area contributed by atoms with Crippen LogP contribution in [0.3, 0.4) is 0 Å². The summed E-state index contributed by atoms with van der Waals surface area (Å²) in [6, 6.07) is 11.7. The summed E-state index contributed by atoms with van der Waals surface area (Å²) in [6.07, 6.45) is 1.87. The number of fused-ring (bicyclic) bond motifs is 3. The Hall–Kier alpha value is -2.53. The lowest BCUT2D eigenvalue weighted by Gasteiger charge is -2.41. The zero-order valence-corrected chi connectivity index (χ0v) is 16.1.